The third-order valence-corrected chi connectivity index (χ3v) is 3.19. The lowest BCUT2D eigenvalue weighted by Gasteiger charge is -2.34. The van der Waals surface area contributed by atoms with Gasteiger partial charge in [-0.25, -0.2) is 4.79 Å². The van der Waals surface area contributed by atoms with Gasteiger partial charge in [-0.1, -0.05) is 6.92 Å². The summed E-state index contributed by atoms with van der Waals surface area (Å²) in [6.07, 6.45) is -2.35. The zero-order chi connectivity index (χ0) is 15.8. The van der Waals surface area contributed by atoms with Gasteiger partial charge in [0.05, 0.1) is 12.0 Å². The number of hydrogen-bond acceptors (Lipinski definition) is 4. The standard InChI is InChI=1S/C10H19NO2.C2HF3O2/c1-3-10(9(12)13-4-2)5-7-11-8-6-10;3-2(4,5)1(6)7/h11H,3-8H2,1-2H3;(H,6,7). The number of piperidine rings is 1. The molecule has 1 saturated heterocycles. The van der Waals surface area contributed by atoms with Crippen molar-refractivity contribution in [1.82, 2.24) is 5.32 Å². The number of carbonyl (C=O) groups is 2. The van der Waals surface area contributed by atoms with Gasteiger partial charge >= 0.3 is 18.1 Å². The summed E-state index contributed by atoms with van der Waals surface area (Å²) >= 11 is 0. The number of alkyl halides is 3. The van der Waals surface area contributed by atoms with Crippen LogP contribution in [0.15, 0.2) is 0 Å². The Balaban J connectivity index is 0.000000441. The van der Waals surface area contributed by atoms with E-state index in [1.807, 2.05) is 6.92 Å². The fraction of sp³-hybridized carbons (Fsp3) is 0.833. The first-order valence-electron chi connectivity index (χ1n) is 6.37. The molecule has 0 atom stereocenters. The van der Waals surface area contributed by atoms with Crippen LogP contribution in [0.5, 0.6) is 0 Å². The number of ether oxygens (including phenoxy) is 1. The number of nitrogens with one attached hydrogen (secondary N) is 1. The molecule has 2 N–H and O–H groups in total. The van der Waals surface area contributed by atoms with Crippen molar-refractivity contribution in [3.63, 3.8) is 0 Å². The van der Waals surface area contributed by atoms with Gasteiger partial charge in [0.15, 0.2) is 0 Å². The Bertz CT molecular complexity index is 325. The maximum absolute atomic E-state index is 11.7. The van der Waals surface area contributed by atoms with E-state index >= 15 is 0 Å². The van der Waals surface area contributed by atoms with Crippen LogP contribution < -0.4 is 5.32 Å². The predicted molar refractivity (Wildman–Crippen MR) is 65.2 cm³/mol. The molecular formula is C12H20F3NO4. The van der Waals surface area contributed by atoms with E-state index in [4.69, 9.17) is 14.6 Å². The van der Waals surface area contributed by atoms with Gasteiger partial charge in [-0.15, -0.1) is 0 Å². The molecule has 20 heavy (non-hydrogen) atoms. The van der Waals surface area contributed by atoms with E-state index in [9.17, 15) is 18.0 Å². The van der Waals surface area contributed by atoms with Crippen LogP contribution in [0.1, 0.15) is 33.1 Å². The predicted octanol–water partition coefficient (Wildman–Crippen LogP) is 1.96. The molecule has 0 spiro atoms. The molecule has 8 heteroatoms. The number of carboxylic acids is 1. The molecule has 1 aliphatic heterocycles. The van der Waals surface area contributed by atoms with Gasteiger partial charge in [0, 0.05) is 0 Å². The number of rotatable bonds is 3. The first-order chi connectivity index (χ1) is 9.19. The van der Waals surface area contributed by atoms with Crippen molar-refractivity contribution >= 4 is 11.9 Å². The zero-order valence-electron chi connectivity index (χ0n) is 11.5. The second-order valence-corrected chi connectivity index (χ2v) is 4.41. The molecule has 118 valence electrons. The average Bonchev–Trinajstić information content (AvgIpc) is 2.39. The largest absolute Gasteiger partial charge is 0.490 e. The molecular weight excluding hydrogens is 279 g/mol. The van der Waals surface area contributed by atoms with Crippen LogP contribution in [0.3, 0.4) is 0 Å². The third kappa shape index (κ3) is 5.77. The topological polar surface area (TPSA) is 75.6 Å². The van der Waals surface area contributed by atoms with Crippen molar-refractivity contribution in [3.05, 3.63) is 0 Å². The van der Waals surface area contributed by atoms with Crippen LogP contribution in [0.2, 0.25) is 0 Å². The lowest BCUT2D eigenvalue weighted by atomic mass is 9.77. The number of aliphatic carboxylic acids is 1. The van der Waals surface area contributed by atoms with E-state index < -0.39 is 12.1 Å². The van der Waals surface area contributed by atoms with Gasteiger partial charge in [0.2, 0.25) is 0 Å². The van der Waals surface area contributed by atoms with Crippen LogP contribution in [-0.2, 0) is 14.3 Å². The normalized spacial score (nSPS) is 17.6. The number of hydrogen-bond donors (Lipinski definition) is 2. The van der Waals surface area contributed by atoms with Crippen molar-refractivity contribution in [2.45, 2.75) is 39.3 Å². The number of esters is 1. The van der Waals surface area contributed by atoms with Crippen LogP contribution >= 0.6 is 0 Å². The summed E-state index contributed by atoms with van der Waals surface area (Å²) in [5.74, 6) is -2.76. The second kappa shape index (κ2) is 8.08. The van der Waals surface area contributed by atoms with Gasteiger partial charge in [-0.3, -0.25) is 4.79 Å². The Morgan fingerprint density at radius 3 is 2.00 bits per heavy atom. The Labute approximate surface area is 115 Å². The highest BCUT2D eigenvalue weighted by atomic mass is 19.4. The van der Waals surface area contributed by atoms with E-state index in [0.29, 0.717) is 6.61 Å². The Morgan fingerprint density at radius 2 is 1.70 bits per heavy atom. The quantitative estimate of drug-likeness (QED) is 0.779. The van der Waals surface area contributed by atoms with Crippen LogP contribution in [-0.4, -0.2) is 42.9 Å². The molecule has 0 radical (unpaired) electrons. The smallest absolute Gasteiger partial charge is 0.475 e. The highest BCUT2D eigenvalue weighted by molar-refractivity contribution is 5.77. The minimum atomic E-state index is -5.08. The van der Waals surface area contributed by atoms with E-state index in [2.05, 4.69) is 12.2 Å². The number of halogens is 3. The Hall–Kier alpha value is -1.31. The van der Waals surface area contributed by atoms with E-state index in [1.165, 1.54) is 0 Å². The van der Waals surface area contributed by atoms with Gasteiger partial charge in [0.1, 0.15) is 0 Å². The highest BCUT2D eigenvalue weighted by Crippen LogP contribution is 2.33. The highest BCUT2D eigenvalue weighted by Gasteiger charge is 2.39. The molecule has 0 aliphatic carbocycles. The van der Waals surface area contributed by atoms with E-state index in [0.717, 1.165) is 32.4 Å². The summed E-state index contributed by atoms with van der Waals surface area (Å²) in [7, 11) is 0. The molecule has 1 aliphatic rings. The Morgan fingerprint density at radius 1 is 1.25 bits per heavy atom. The first-order valence-corrected chi connectivity index (χ1v) is 6.37. The second-order valence-electron chi connectivity index (χ2n) is 4.41. The average molecular weight is 299 g/mol. The Kier molecular flexibility index (Phi) is 7.55. The maximum Gasteiger partial charge on any atom is 0.490 e. The van der Waals surface area contributed by atoms with Crippen molar-refractivity contribution in [3.8, 4) is 0 Å². The van der Waals surface area contributed by atoms with Crippen LogP contribution in [0.25, 0.3) is 0 Å². The summed E-state index contributed by atoms with van der Waals surface area (Å²) in [4.78, 5) is 20.6. The summed E-state index contributed by atoms with van der Waals surface area (Å²) < 4.78 is 36.8. The van der Waals surface area contributed by atoms with Crippen molar-refractivity contribution in [1.29, 1.82) is 0 Å². The fourth-order valence-corrected chi connectivity index (χ4v) is 1.89. The van der Waals surface area contributed by atoms with E-state index in [1.54, 1.807) is 0 Å². The fourth-order valence-electron chi connectivity index (χ4n) is 1.89. The number of carboxylic acid groups (broad SMARTS) is 1. The molecule has 1 rings (SSSR count). The number of carbonyl (C=O) groups excluding carboxylic acids is 1. The molecule has 1 fully saturated rings. The maximum atomic E-state index is 11.7. The summed E-state index contributed by atoms with van der Waals surface area (Å²) in [6.45, 7) is 6.30. The molecule has 0 aromatic rings. The molecule has 0 aromatic heterocycles. The lowest BCUT2D eigenvalue weighted by Crippen LogP contribution is -2.42. The molecule has 0 bridgehead atoms. The van der Waals surface area contributed by atoms with E-state index in [-0.39, 0.29) is 11.4 Å². The van der Waals surface area contributed by atoms with Gasteiger partial charge < -0.3 is 15.2 Å². The molecule has 0 amide bonds. The van der Waals surface area contributed by atoms with Gasteiger partial charge in [-0.05, 0) is 39.3 Å². The summed E-state index contributed by atoms with van der Waals surface area (Å²) in [5.41, 5.74) is -0.193. The van der Waals surface area contributed by atoms with Gasteiger partial charge in [0.25, 0.3) is 0 Å². The molecule has 0 saturated carbocycles. The SMILES string of the molecule is CCOC(=O)C1(CC)CCNCC1.O=C(O)C(F)(F)F. The third-order valence-electron chi connectivity index (χ3n) is 3.19. The molecule has 5 nitrogen and oxygen atoms in total. The van der Waals surface area contributed by atoms with Crippen molar-refractivity contribution in [2.24, 2.45) is 5.41 Å². The molecule has 0 unspecified atom stereocenters. The monoisotopic (exact) mass is 299 g/mol. The summed E-state index contributed by atoms with van der Waals surface area (Å²) in [5, 5.41) is 10.4. The van der Waals surface area contributed by atoms with Crippen LogP contribution in [0.4, 0.5) is 13.2 Å². The lowest BCUT2D eigenvalue weighted by molar-refractivity contribution is -0.192. The summed E-state index contributed by atoms with van der Waals surface area (Å²) in [6, 6.07) is 0. The van der Waals surface area contributed by atoms with Gasteiger partial charge in [-0.2, -0.15) is 13.2 Å². The first kappa shape index (κ1) is 18.7. The van der Waals surface area contributed by atoms with Crippen molar-refractivity contribution in [2.75, 3.05) is 19.7 Å². The minimum absolute atomic E-state index is 0.000926. The van der Waals surface area contributed by atoms with Crippen LogP contribution in [0, 0.1) is 5.41 Å². The van der Waals surface area contributed by atoms with Crippen molar-refractivity contribution < 1.29 is 32.6 Å². The minimum Gasteiger partial charge on any atom is -0.475 e. The molecule has 1 heterocycles. The molecule has 0 aromatic carbocycles. The zero-order valence-corrected chi connectivity index (χ0v) is 11.5.